The van der Waals surface area contributed by atoms with Crippen LogP contribution in [0.25, 0.3) is 0 Å². The molecule has 1 aromatic carbocycles. The normalized spacial score (nSPS) is 11.1. The van der Waals surface area contributed by atoms with Crippen molar-refractivity contribution in [2.45, 2.75) is 11.8 Å². The number of hydrazine groups is 1. The van der Waals surface area contributed by atoms with Crippen molar-refractivity contribution in [2.24, 2.45) is 5.84 Å². The highest BCUT2D eigenvalue weighted by Gasteiger charge is 2.23. The number of nitro groups is 1. The SMILES string of the molecule is Cc1cc(NS(=O)(=O)c2cc([N+](=O)[O-])ccc2NN)on1. The van der Waals surface area contributed by atoms with Crippen LogP contribution in [0, 0.1) is 17.0 Å². The summed E-state index contributed by atoms with van der Waals surface area (Å²) in [6, 6.07) is 4.58. The number of nitrogens with one attached hydrogen (secondary N) is 2. The van der Waals surface area contributed by atoms with Crippen molar-refractivity contribution in [3.8, 4) is 0 Å². The van der Waals surface area contributed by atoms with E-state index in [9.17, 15) is 18.5 Å². The molecule has 10 nitrogen and oxygen atoms in total. The molecule has 2 rings (SSSR count). The first-order chi connectivity index (χ1) is 9.83. The van der Waals surface area contributed by atoms with E-state index in [-0.39, 0.29) is 22.2 Å². The van der Waals surface area contributed by atoms with Gasteiger partial charge in [-0.3, -0.25) is 16.0 Å². The lowest BCUT2D eigenvalue weighted by Crippen LogP contribution is -2.17. The molecule has 21 heavy (non-hydrogen) atoms. The van der Waals surface area contributed by atoms with E-state index in [1.165, 1.54) is 12.1 Å². The van der Waals surface area contributed by atoms with E-state index in [1.54, 1.807) is 6.92 Å². The van der Waals surface area contributed by atoms with Crippen LogP contribution in [0.4, 0.5) is 17.3 Å². The Labute approximate surface area is 119 Å². The predicted octanol–water partition coefficient (Wildman–Crippen LogP) is 0.978. The van der Waals surface area contributed by atoms with Crippen molar-refractivity contribution in [3.05, 3.63) is 40.1 Å². The second-order valence-corrected chi connectivity index (χ2v) is 5.67. The van der Waals surface area contributed by atoms with Crippen LogP contribution in [-0.2, 0) is 10.0 Å². The number of benzene rings is 1. The van der Waals surface area contributed by atoms with E-state index in [0.29, 0.717) is 5.69 Å². The Morgan fingerprint density at radius 1 is 1.38 bits per heavy atom. The Balaban J connectivity index is 2.47. The van der Waals surface area contributed by atoms with Crippen molar-refractivity contribution in [1.29, 1.82) is 0 Å². The van der Waals surface area contributed by atoms with Crippen molar-refractivity contribution in [2.75, 3.05) is 10.1 Å². The molecule has 112 valence electrons. The fourth-order valence-corrected chi connectivity index (χ4v) is 2.73. The number of sulfonamides is 1. The zero-order valence-corrected chi connectivity index (χ0v) is 11.5. The number of aromatic nitrogens is 1. The molecule has 0 aliphatic heterocycles. The third kappa shape index (κ3) is 3.09. The van der Waals surface area contributed by atoms with Crippen molar-refractivity contribution < 1.29 is 17.9 Å². The Morgan fingerprint density at radius 2 is 2.10 bits per heavy atom. The van der Waals surface area contributed by atoms with Crippen LogP contribution in [0.3, 0.4) is 0 Å². The van der Waals surface area contributed by atoms with Gasteiger partial charge in [0.1, 0.15) is 4.90 Å². The zero-order valence-electron chi connectivity index (χ0n) is 10.7. The van der Waals surface area contributed by atoms with Gasteiger partial charge in [-0.15, -0.1) is 0 Å². The van der Waals surface area contributed by atoms with Crippen LogP contribution in [0.1, 0.15) is 5.69 Å². The predicted molar refractivity (Wildman–Crippen MR) is 73.0 cm³/mol. The molecular weight excluding hydrogens is 302 g/mol. The summed E-state index contributed by atoms with van der Waals surface area (Å²) in [6.07, 6.45) is 0. The molecule has 1 aromatic heterocycles. The molecular formula is C10H11N5O5S. The lowest BCUT2D eigenvalue weighted by molar-refractivity contribution is -0.385. The number of nitrogens with zero attached hydrogens (tertiary/aromatic N) is 2. The van der Waals surface area contributed by atoms with Gasteiger partial charge in [0.25, 0.3) is 15.7 Å². The Morgan fingerprint density at radius 3 is 2.62 bits per heavy atom. The highest BCUT2D eigenvalue weighted by Crippen LogP contribution is 2.27. The smallest absolute Gasteiger partial charge is 0.270 e. The number of hydrogen-bond donors (Lipinski definition) is 3. The van der Waals surface area contributed by atoms with Gasteiger partial charge in [0, 0.05) is 18.2 Å². The number of rotatable bonds is 5. The van der Waals surface area contributed by atoms with Crippen molar-refractivity contribution in [3.63, 3.8) is 0 Å². The van der Waals surface area contributed by atoms with Crippen LogP contribution in [-0.4, -0.2) is 18.5 Å². The Hall–Kier alpha value is -2.66. The Bertz CT molecular complexity index is 785. The largest absolute Gasteiger partial charge is 0.338 e. The molecule has 0 bridgehead atoms. The molecule has 0 aliphatic carbocycles. The molecule has 0 radical (unpaired) electrons. The van der Waals surface area contributed by atoms with Crippen LogP contribution in [0.15, 0.2) is 33.7 Å². The minimum atomic E-state index is -4.13. The van der Waals surface area contributed by atoms with E-state index in [4.69, 9.17) is 10.4 Å². The van der Waals surface area contributed by atoms with Crippen LogP contribution in [0.2, 0.25) is 0 Å². The van der Waals surface area contributed by atoms with Crippen LogP contribution >= 0.6 is 0 Å². The maximum absolute atomic E-state index is 12.2. The number of nitrogen functional groups attached to an aromatic ring is 1. The maximum atomic E-state index is 12.2. The zero-order chi connectivity index (χ0) is 15.6. The number of nitrogens with two attached hydrogens (primary N) is 1. The van der Waals surface area contributed by atoms with Gasteiger partial charge < -0.3 is 9.95 Å². The molecule has 0 atom stereocenters. The monoisotopic (exact) mass is 313 g/mol. The van der Waals surface area contributed by atoms with Crippen molar-refractivity contribution >= 4 is 27.3 Å². The molecule has 0 saturated heterocycles. The van der Waals surface area contributed by atoms with Crippen LogP contribution in [0.5, 0.6) is 0 Å². The van der Waals surface area contributed by atoms with E-state index in [0.717, 1.165) is 12.1 Å². The summed E-state index contributed by atoms with van der Waals surface area (Å²) in [6.45, 7) is 1.61. The number of anilines is 2. The molecule has 0 spiro atoms. The minimum absolute atomic E-state index is 0.00402. The third-order valence-electron chi connectivity index (χ3n) is 2.48. The number of hydrogen-bond acceptors (Lipinski definition) is 8. The van der Waals surface area contributed by atoms with Gasteiger partial charge >= 0.3 is 0 Å². The first-order valence-electron chi connectivity index (χ1n) is 5.54. The van der Waals surface area contributed by atoms with Crippen molar-refractivity contribution in [1.82, 2.24) is 5.16 Å². The summed E-state index contributed by atoms with van der Waals surface area (Å²) in [4.78, 5) is 9.66. The molecule has 0 amide bonds. The lowest BCUT2D eigenvalue weighted by Gasteiger charge is -2.09. The number of aryl methyl sites for hydroxylation is 1. The van der Waals surface area contributed by atoms with E-state index in [1.807, 2.05) is 0 Å². The van der Waals surface area contributed by atoms with E-state index in [2.05, 4.69) is 15.3 Å². The summed E-state index contributed by atoms with van der Waals surface area (Å²) < 4.78 is 31.4. The molecule has 4 N–H and O–H groups in total. The molecule has 0 fully saturated rings. The number of non-ortho nitro benzene ring substituents is 1. The summed E-state index contributed by atoms with van der Waals surface area (Å²) >= 11 is 0. The summed E-state index contributed by atoms with van der Waals surface area (Å²) in [5.74, 6) is 5.11. The molecule has 0 saturated carbocycles. The maximum Gasteiger partial charge on any atom is 0.270 e. The fourth-order valence-electron chi connectivity index (χ4n) is 1.57. The van der Waals surface area contributed by atoms with Crippen LogP contribution < -0.4 is 16.0 Å². The topological polar surface area (TPSA) is 153 Å². The molecule has 11 heteroatoms. The fraction of sp³-hybridized carbons (Fsp3) is 0.100. The molecule has 2 aromatic rings. The first-order valence-corrected chi connectivity index (χ1v) is 7.03. The average Bonchev–Trinajstić information content (AvgIpc) is 2.82. The Kier molecular flexibility index (Phi) is 3.78. The van der Waals surface area contributed by atoms with Gasteiger partial charge in [-0.1, -0.05) is 5.16 Å². The van der Waals surface area contributed by atoms with E-state index >= 15 is 0 Å². The lowest BCUT2D eigenvalue weighted by atomic mass is 10.3. The number of nitro benzene ring substituents is 1. The quantitative estimate of drug-likeness (QED) is 0.419. The van der Waals surface area contributed by atoms with Gasteiger partial charge in [-0.05, 0) is 13.0 Å². The minimum Gasteiger partial charge on any atom is -0.338 e. The highest BCUT2D eigenvalue weighted by atomic mass is 32.2. The van der Waals surface area contributed by atoms with Gasteiger partial charge in [0.15, 0.2) is 0 Å². The second-order valence-electron chi connectivity index (χ2n) is 4.02. The highest BCUT2D eigenvalue weighted by molar-refractivity contribution is 7.92. The summed E-state index contributed by atoms with van der Waals surface area (Å²) in [5.41, 5.74) is 2.26. The van der Waals surface area contributed by atoms with Gasteiger partial charge in [-0.2, -0.15) is 0 Å². The molecule has 0 unspecified atom stereocenters. The first kappa shape index (κ1) is 14.7. The third-order valence-corrected chi connectivity index (χ3v) is 3.87. The summed E-state index contributed by atoms with van der Waals surface area (Å²) in [7, 11) is -4.13. The molecule has 0 aliphatic rings. The van der Waals surface area contributed by atoms with Gasteiger partial charge in [-0.25, -0.2) is 13.1 Å². The molecule has 1 heterocycles. The van der Waals surface area contributed by atoms with Gasteiger partial charge in [0.05, 0.1) is 16.3 Å². The second kappa shape index (κ2) is 5.38. The van der Waals surface area contributed by atoms with E-state index < -0.39 is 14.9 Å². The standard InChI is InChI=1S/C10H11N5O5S/c1-6-4-10(20-13-6)14-21(18,19)9-5-7(15(16)17)2-3-8(9)12-11/h2-5,12,14H,11H2,1H3. The average molecular weight is 313 g/mol. The van der Waals surface area contributed by atoms with Gasteiger partial charge in [0.2, 0.25) is 5.88 Å². The summed E-state index contributed by atoms with van der Waals surface area (Å²) in [5, 5.41) is 14.3.